The normalized spacial score (nSPS) is 19.8. The summed E-state index contributed by atoms with van der Waals surface area (Å²) in [5.41, 5.74) is 2.70. The van der Waals surface area contributed by atoms with Crippen LogP contribution in [0.3, 0.4) is 0 Å². The number of carbonyl (C=O) groups is 2. The first-order valence-electron chi connectivity index (χ1n) is 9.05. The van der Waals surface area contributed by atoms with E-state index in [4.69, 9.17) is 9.57 Å². The number of hydrogen-bond donors (Lipinski definition) is 1. The van der Waals surface area contributed by atoms with Gasteiger partial charge in [-0.25, -0.2) is 0 Å². The van der Waals surface area contributed by atoms with Gasteiger partial charge in [0.1, 0.15) is 11.3 Å². The maximum atomic E-state index is 12.9. The molecule has 3 rings (SSSR count). The number of carbonyl (C=O) groups excluding carboxylic acids is 2. The van der Waals surface area contributed by atoms with Gasteiger partial charge in [0.25, 0.3) is 5.91 Å². The molecular formula is C20H26N2O4. The predicted octanol–water partition coefficient (Wildman–Crippen LogP) is 2.49. The van der Waals surface area contributed by atoms with E-state index in [1.54, 1.807) is 14.0 Å². The summed E-state index contributed by atoms with van der Waals surface area (Å²) in [6.07, 6.45) is 1.53. The molecule has 0 radical (unpaired) electrons. The van der Waals surface area contributed by atoms with Crippen molar-refractivity contribution in [2.75, 3.05) is 20.2 Å². The van der Waals surface area contributed by atoms with E-state index in [1.807, 2.05) is 37.1 Å². The second kappa shape index (κ2) is 7.21. The van der Waals surface area contributed by atoms with Gasteiger partial charge in [-0.2, -0.15) is 5.06 Å². The van der Waals surface area contributed by atoms with E-state index < -0.39 is 5.54 Å². The van der Waals surface area contributed by atoms with Crippen LogP contribution in [0, 0.1) is 13.8 Å². The third kappa shape index (κ3) is 3.27. The van der Waals surface area contributed by atoms with Crippen molar-refractivity contribution in [3.05, 3.63) is 40.6 Å². The van der Waals surface area contributed by atoms with Crippen molar-refractivity contribution >= 4 is 17.4 Å². The first-order valence-corrected chi connectivity index (χ1v) is 9.05. The Balaban J connectivity index is 2.10. The number of rotatable bonds is 4. The van der Waals surface area contributed by atoms with Gasteiger partial charge in [-0.05, 0) is 37.8 Å². The van der Waals surface area contributed by atoms with Gasteiger partial charge in [0.15, 0.2) is 0 Å². The highest BCUT2D eigenvalue weighted by atomic mass is 16.7. The largest absolute Gasteiger partial charge is 0.428 e. The lowest BCUT2D eigenvalue weighted by Gasteiger charge is -2.38. The predicted molar refractivity (Wildman–Crippen MR) is 97.9 cm³/mol. The minimum absolute atomic E-state index is 0.177. The van der Waals surface area contributed by atoms with Gasteiger partial charge in [0, 0.05) is 19.5 Å². The van der Waals surface area contributed by atoms with Crippen LogP contribution < -0.4 is 5.32 Å². The number of aryl methyl sites for hydroxylation is 2. The maximum absolute atomic E-state index is 12.9. The fourth-order valence-electron chi connectivity index (χ4n) is 3.67. The summed E-state index contributed by atoms with van der Waals surface area (Å²) in [4.78, 5) is 30.4. The molecule has 1 aromatic rings. The number of piperidine rings is 1. The molecule has 0 aliphatic carbocycles. The lowest BCUT2D eigenvalue weighted by Crippen LogP contribution is -2.53. The monoisotopic (exact) mass is 358 g/mol. The van der Waals surface area contributed by atoms with Crippen LogP contribution >= 0.6 is 0 Å². The average Bonchev–Trinajstić information content (AvgIpc) is 2.89. The molecule has 0 aromatic heterocycles. The molecule has 1 saturated heterocycles. The number of nitrogens with zero attached hydrogens (tertiary/aromatic N) is 1. The molecule has 2 heterocycles. The number of benzene rings is 1. The fraction of sp³-hybridized carbons (Fsp3) is 0.500. The van der Waals surface area contributed by atoms with Gasteiger partial charge in [0.2, 0.25) is 0 Å². The minimum Gasteiger partial charge on any atom is -0.428 e. The lowest BCUT2D eigenvalue weighted by atomic mass is 9.85. The van der Waals surface area contributed by atoms with Gasteiger partial charge < -0.3 is 14.9 Å². The minimum atomic E-state index is -0.650. The van der Waals surface area contributed by atoms with Gasteiger partial charge in [-0.3, -0.25) is 9.59 Å². The molecule has 26 heavy (non-hydrogen) atoms. The Morgan fingerprint density at radius 1 is 1.27 bits per heavy atom. The average molecular weight is 358 g/mol. The molecule has 1 spiro atoms. The quantitative estimate of drug-likeness (QED) is 0.838. The van der Waals surface area contributed by atoms with E-state index in [1.165, 1.54) is 0 Å². The van der Waals surface area contributed by atoms with Crippen molar-refractivity contribution in [2.24, 2.45) is 0 Å². The molecule has 1 N–H and O–H groups in total. The molecule has 0 bridgehead atoms. The molecule has 140 valence electrons. The second-order valence-electron chi connectivity index (χ2n) is 7.00. The van der Waals surface area contributed by atoms with E-state index >= 15 is 0 Å². The van der Waals surface area contributed by atoms with Gasteiger partial charge >= 0.3 is 5.97 Å². The van der Waals surface area contributed by atoms with E-state index in [0.717, 1.165) is 16.7 Å². The highest BCUT2D eigenvalue weighted by molar-refractivity contribution is 6.24. The standard InChI is InChI=1S/C20H26N2O4/c1-5-16(23)26-18-17(15-12-13(2)6-7-14(15)3)19(24)21-20(18)8-10-22(25-4)11-9-20/h6-7,12H,5,8-11H2,1-4H3,(H,21,24). The van der Waals surface area contributed by atoms with E-state index in [2.05, 4.69) is 5.32 Å². The molecular weight excluding hydrogens is 332 g/mol. The van der Waals surface area contributed by atoms with Crippen LogP contribution in [-0.4, -0.2) is 42.7 Å². The molecule has 0 saturated carbocycles. The number of esters is 1. The molecule has 0 atom stereocenters. The van der Waals surface area contributed by atoms with Crippen molar-refractivity contribution in [3.63, 3.8) is 0 Å². The summed E-state index contributed by atoms with van der Waals surface area (Å²) < 4.78 is 5.75. The van der Waals surface area contributed by atoms with Crippen molar-refractivity contribution in [1.82, 2.24) is 10.4 Å². The second-order valence-corrected chi connectivity index (χ2v) is 7.00. The summed E-state index contributed by atoms with van der Waals surface area (Å²) in [5, 5.41) is 4.97. The molecule has 0 unspecified atom stereocenters. The molecule has 1 aromatic carbocycles. The van der Waals surface area contributed by atoms with Crippen molar-refractivity contribution < 1.29 is 19.2 Å². The third-order valence-corrected chi connectivity index (χ3v) is 5.24. The maximum Gasteiger partial charge on any atom is 0.310 e. The fourth-order valence-corrected chi connectivity index (χ4v) is 3.67. The first kappa shape index (κ1) is 18.6. The Morgan fingerprint density at radius 3 is 2.58 bits per heavy atom. The molecule has 2 aliphatic rings. The Morgan fingerprint density at radius 2 is 1.96 bits per heavy atom. The van der Waals surface area contributed by atoms with Crippen LogP contribution in [0.15, 0.2) is 24.0 Å². The number of nitrogens with one attached hydrogen (secondary N) is 1. The first-order chi connectivity index (χ1) is 12.4. The molecule has 1 amide bonds. The number of hydroxylamine groups is 2. The molecule has 6 heteroatoms. The van der Waals surface area contributed by atoms with Crippen LogP contribution in [0.1, 0.15) is 42.9 Å². The zero-order chi connectivity index (χ0) is 18.9. The van der Waals surface area contributed by atoms with Gasteiger partial charge in [-0.15, -0.1) is 0 Å². The topological polar surface area (TPSA) is 67.9 Å². The number of hydrogen-bond acceptors (Lipinski definition) is 5. The summed E-state index contributed by atoms with van der Waals surface area (Å²) in [6.45, 7) is 7.02. The van der Waals surface area contributed by atoms with Crippen LogP contribution in [0.4, 0.5) is 0 Å². The van der Waals surface area contributed by atoms with Crippen LogP contribution in [-0.2, 0) is 19.2 Å². The van der Waals surface area contributed by atoms with E-state index in [0.29, 0.717) is 37.3 Å². The SMILES string of the molecule is CCC(=O)OC1=C(c2cc(C)ccc2C)C(=O)NC12CCN(OC)CC2. The van der Waals surface area contributed by atoms with E-state index in [9.17, 15) is 9.59 Å². The van der Waals surface area contributed by atoms with Crippen molar-refractivity contribution in [2.45, 2.75) is 45.6 Å². The molecule has 6 nitrogen and oxygen atoms in total. The van der Waals surface area contributed by atoms with E-state index in [-0.39, 0.29) is 18.3 Å². The Bertz CT molecular complexity index is 761. The van der Waals surface area contributed by atoms with Crippen LogP contribution in [0.5, 0.6) is 0 Å². The zero-order valence-electron chi connectivity index (χ0n) is 15.8. The molecule has 1 fully saturated rings. The van der Waals surface area contributed by atoms with Crippen molar-refractivity contribution in [3.8, 4) is 0 Å². The van der Waals surface area contributed by atoms with Gasteiger partial charge in [-0.1, -0.05) is 30.7 Å². The van der Waals surface area contributed by atoms with Crippen LogP contribution in [0.2, 0.25) is 0 Å². The summed E-state index contributed by atoms with van der Waals surface area (Å²) >= 11 is 0. The third-order valence-electron chi connectivity index (χ3n) is 5.24. The highest BCUT2D eigenvalue weighted by Gasteiger charge is 2.49. The smallest absolute Gasteiger partial charge is 0.310 e. The zero-order valence-corrected chi connectivity index (χ0v) is 15.8. The Hall–Kier alpha value is -2.18. The van der Waals surface area contributed by atoms with Crippen molar-refractivity contribution in [1.29, 1.82) is 0 Å². The summed E-state index contributed by atoms with van der Waals surface area (Å²) in [5.74, 6) is -0.0323. The van der Waals surface area contributed by atoms with Crippen LogP contribution in [0.25, 0.3) is 5.57 Å². The summed E-state index contributed by atoms with van der Waals surface area (Å²) in [6, 6.07) is 5.98. The van der Waals surface area contributed by atoms with Gasteiger partial charge in [0.05, 0.1) is 12.7 Å². The Kier molecular flexibility index (Phi) is 5.16. The summed E-state index contributed by atoms with van der Waals surface area (Å²) in [7, 11) is 1.64. The number of ether oxygens (including phenoxy) is 1. The lowest BCUT2D eigenvalue weighted by molar-refractivity contribution is -0.156. The Labute approximate surface area is 154 Å². The number of amides is 1. The highest BCUT2D eigenvalue weighted by Crippen LogP contribution is 2.41. The molecule has 2 aliphatic heterocycles.